The molecule has 0 radical (unpaired) electrons. The van der Waals surface area contributed by atoms with E-state index in [9.17, 15) is 9.59 Å². The van der Waals surface area contributed by atoms with Crippen LogP contribution < -0.4 is 5.73 Å². The number of nitrogens with zero attached hydrogens (tertiary/aromatic N) is 2. The molecule has 26 heavy (non-hydrogen) atoms. The van der Waals surface area contributed by atoms with E-state index < -0.39 is 0 Å². The summed E-state index contributed by atoms with van der Waals surface area (Å²) in [5.74, 6) is 0.860. The first-order valence-electron chi connectivity index (χ1n) is 10.1. The molecule has 0 bridgehead atoms. The Bertz CT molecular complexity index is 696. The minimum Gasteiger partial charge on any atom is -0.399 e. The second kappa shape index (κ2) is 7.29. The SMILES string of the molecule is Nc1ccc2c(c1)CC(CCC(=O)N1CCC[C@H]1C(=O)N1CCCC1)C2. The molecule has 2 saturated heterocycles. The van der Waals surface area contributed by atoms with Gasteiger partial charge in [-0.2, -0.15) is 0 Å². The van der Waals surface area contributed by atoms with Crippen molar-refractivity contribution in [1.82, 2.24) is 9.80 Å². The van der Waals surface area contributed by atoms with Gasteiger partial charge in [0, 0.05) is 31.7 Å². The molecule has 1 aromatic carbocycles. The zero-order chi connectivity index (χ0) is 18.1. The number of anilines is 1. The number of likely N-dealkylation sites (tertiary alicyclic amines) is 2. The minimum atomic E-state index is -0.207. The van der Waals surface area contributed by atoms with Gasteiger partial charge in [-0.3, -0.25) is 9.59 Å². The third-order valence-corrected chi connectivity index (χ3v) is 6.29. The molecular formula is C21H29N3O2. The summed E-state index contributed by atoms with van der Waals surface area (Å²) < 4.78 is 0. The second-order valence-electron chi connectivity index (χ2n) is 8.12. The van der Waals surface area contributed by atoms with Gasteiger partial charge in [0.25, 0.3) is 0 Å². The Morgan fingerprint density at radius 2 is 1.81 bits per heavy atom. The van der Waals surface area contributed by atoms with E-state index >= 15 is 0 Å². The molecule has 2 fully saturated rings. The maximum absolute atomic E-state index is 12.8. The van der Waals surface area contributed by atoms with Gasteiger partial charge in [-0.15, -0.1) is 0 Å². The monoisotopic (exact) mass is 355 g/mol. The van der Waals surface area contributed by atoms with Gasteiger partial charge in [0.1, 0.15) is 6.04 Å². The number of amides is 2. The van der Waals surface area contributed by atoms with Gasteiger partial charge in [0.15, 0.2) is 0 Å². The van der Waals surface area contributed by atoms with E-state index in [-0.39, 0.29) is 17.9 Å². The summed E-state index contributed by atoms with van der Waals surface area (Å²) in [6, 6.07) is 5.95. The summed E-state index contributed by atoms with van der Waals surface area (Å²) in [4.78, 5) is 29.3. The number of hydrogen-bond acceptors (Lipinski definition) is 3. The lowest BCUT2D eigenvalue weighted by atomic mass is 9.99. The predicted octanol–water partition coefficient (Wildman–Crippen LogP) is 2.38. The lowest BCUT2D eigenvalue weighted by Crippen LogP contribution is -2.47. The average molecular weight is 355 g/mol. The zero-order valence-corrected chi connectivity index (χ0v) is 15.5. The molecule has 4 rings (SSSR count). The van der Waals surface area contributed by atoms with Crippen molar-refractivity contribution < 1.29 is 9.59 Å². The van der Waals surface area contributed by atoms with Crippen LogP contribution in [0.25, 0.3) is 0 Å². The number of hydrogen-bond donors (Lipinski definition) is 1. The van der Waals surface area contributed by atoms with E-state index in [0.717, 1.165) is 70.3 Å². The fourth-order valence-electron chi connectivity index (χ4n) is 4.87. The van der Waals surface area contributed by atoms with Gasteiger partial charge in [-0.25, -0.2) is 0 Å². The Labute approximate surface area is 155 Å². The molecule has 0 saturated carbocycles. The number of rotatable bonds is 4. The highest BCUT2D eigenvalue weighted by atomic mass is 16.2. The smallest absolute Gasteiger partial charge is 0.245 e. The van der Waals surface area contributed by atoms with Crippen molar-refractivity contribution in [1.29, 1.82) is 0 Å². The molecule has 1 aromatic rings. The molecular weight excluding hydrogens is 326 g/mol. The zero-order valence-electron chi connectivity index (χ0n) is 15.5. The van der Waals surface area contributed by atoms with Crippen LogP contribution >= 0.6 is 0 Å². The molecule has 3 aliphatic rings. The molecule has 5 nitrogen and oxygen atoms in total. The van der Waals surface area contributed by atoms with Crippen LogP contribution in [0.4, 0.5) is 5.69 Å². The van der Waals surface area contributed by atoms with Gasteiger partial charge < -0.3 is 15.5 Å². The normalized spacial score (nSPS) is 24.9. The van der Waals surface area contributed by atoms with Gasteiger partial charge in [0.05, 0.1) is 0 Å². The van der Waals surface area contributed by atoms with E-state index in [0.29, 0.717) is 12.3 Å². The van der Waals surface area contributed by atoms with Crippen LogP contribution in [-0.2, 0) is 22.4 Å². The largest absolute Gasteiger partial charge is 0.399 e. The molecule has 1 aliphatic carbocycles. The van der Waals surface area contributed by atoms with E-state index in [4.69, 9.17) is 5.73 Å². The average Bonchev–Trinajstić information content (AvgIpc) is 3.38. The Morgan fingerprint density at radius 3 is 2.62 bits per heavy atom. The molecule has 2 N–H and O–H groups in total. The molecule has 2 heterocycles. The topological polar surface area (TPSA) is 66.6 Å². The van der Waals surface area contributed by atoms with Gasteiger partial charge in [-0.05, 0) is 74.1 Å². The van der Waals surface area contributed by atoms with Crippen molar-refractivity contribution in [2.45, 2.75) is 57.4 Å². The molecule has 0 aromatic heterocycles. The first kappa shape index (κ1) is 17.4. The standard InChI is InChI=1S/C21H29N3O2/c22-18-7-6-16-12-15(13-17(16)14-18)5-8-20(25)24-11-3-4-19(24)21(26)23-9-1-2-10-23/h6-7,14-15,19H,1-5,8-13,22H2/t15?,19-/m0/s1. The van der Waals surface area contributed by atoms with Crippen LogP contribution in [0.1, 0.15) is 49.7 Å². The lowest BCUT2D eigenvalue weighted by molar-refractivity contribution is -0.143. The van der Waals surface area contributed by atoms with Crippen molar-refractivity contribution in [2.75, 3.05) is 25.4 Å². The number of nitrogen functional groups attached to an aromatic ring is 1. The van der Waals surface area contributed by atoms with Crippen LogP contribution in [0.3, 0.4) is 0 Å². The Kier molecular flexibility index (Phi) is 4.88. The molecule has 2 atom stereocenters. The quantitative estimate of drug-likeness (QED) is 0.843. The Hall–Kier alpha value is -2.04. The third-order valence-electron chi connectivity index (χ3n) is 6.29. The fraction of sp³-hybridized carbons (Fsp3) is 0.619. The highest BCUT2D eigenvalue weighted by Gasteiger charge is 2.37. The lowest BCUT2D eigenvalue weighted by Gasteiger charge is -2.28. The fourth-order valence-corrected chi connectivity index (χ4v) is 4.87. The van der Waals surface area contributed by atoms with Crippen molar-refractivity contribution in [2.24, 2.45) is 5.92 Å². The van der Waals surface area contributed by atoms with Crippen LogP contribution in [0.15, 0.2) is 18.2 Å². The van der Waals surface area contributed by atoms with Crippen molar-refractivity contribution in [3.8, 4) is 0 Å². The number of fused-ring (bicyclic) bond motifs is 1. The van der Waals surface area contributed by atoms with E-state index in [1.54, 1.807) is 0 Å². The summed E-state index contributed by atoms with van der Waals surface area (Å²) >= 11 is 0. The maximum Gasteiger partial charge on any atom is 0.245 e. The minimum absolute atomic E-state index is 0.163. The highest BCUT2D eigenvalue weighted by Crippen LogP contribution is 2.31. The molecule has 2 amide bonds. The summed E-state index contributed by atoms with van der Waals surface area (Å²) in [6.07, 6.45) is 7.48. The number of carbonyl (C=O) groups is 2. The third kappa shape index (κ3) is 3.44. The first-order chi connectivity index (χ1) is 12.6. The van der Waals surface area contributed by atoms with E-state index in [1.807, 2.05) is 15.9 Å². The van der Waals surface area contributed by atoms with Gasteiger partial charge >= 0.3 is 0 Å². The molecule has 1 unspecified atom stereocenters. The number of benzene rings is 1. The van der Waals surface area contributed by atoms with Crippen LogP contribution in [0.5, 0.6) is 0 Å². The molecule has 2 aliphatic heterocycles. The van der Waals surface area contributed by atoms with E-state index in [1.165, 1.54) is 11.1 Å². The van der Waals surface area contributed by atoms with Crippen LogP contribution in [-0.4, -0.2) is 47.3 Å². The predicted molar refractivity (Wildman–Crippen MR) is 102 cm³/mol. The second-order valence-corrected chi connectivity index (χ2v) is 8.12. The molecule has 5 heteroatoms. The van der Waals surface area contributed by atoms with Crippen molar-refractivity contribution in [3.05, 3.63) is 29.3 Å². The summed E-state index contributed by atoms with van der Waals surface area (Å²) in [5.41, 5.74) is 9.41. The summed E-state index contributed by atoms with van der Waals surface area (Å²) in [7, 11) is 0. The van der Waals surface area contributed by atoms with Crippen molar-refractivity contribution in [3.63, 3.8) is 0 Å². The van der Waals surface area contributed by atoms with Gasteiger partial charge in [-0.1, -0.05) is 6.07 Å². The van der Waals surface area contributed by atoms with Crippen LogP contribution in [0, 0.1) is 5.92 Å². The molecule has 140 valence electrons. The number of nitrogens with two attached hydrogens (primary N) is 1. The molecule has 0 spiro atoms. The van der Waals surface area contributed by atoms with Crippen molar-refractivity contribution >= 4 is 17.5 Å². The Morgan fingerprint density at radius 1 is 1.04 bits per heavy atom. The first-order valence-corrected chi connectivity index (χ1v) is 10.1. The van der Waals surface area contributed by atoms with Crippen LogP contribution in [0.2, 0.25) is 0 Å². The highest BCUT2D eigenvalue weighted by molar-refractivity contribution is 5.88. The summed E-state index contributed by atoms with van der Waals surface area (Å²) in [5, 5.41) is 0. The maximum atomic E-state index is 12.8. The Balaban J connectivity index is 1.31. The van der Waals surface area contributed by atoms with E-state index in [2.05, 4.69) is 12.1 Å². The summed E-state index contributed by atoms with van der Waals surface area (Å²) in [6.45, 7) is 2.46. The number of carbonyl (C=O) groups excluding carboxylic acids is 2. The van der Waals surface area contributed by atoms with Gasteiger partial charge in [0.2, 0.25) is 11.8 Å².